The van der Waals surface area contributed by atoms with Crippen LogP contribution in [0.15, 0.2) is 11.0 Å². The highest BCUT2D eigenvalue weighted by Gasteiger charge is 2.28. The molecule has 2 aromatic heterocycles. The van der Waals surface area contributed by atoms with Crippen molar-refractivity contribution in [2.24, 2.45) is 13.0 Å². The summed E-state index contributed by atoms with van der Waals surface area (Å²) in [7, 11) is -1.79. The maximum Gasteiger partial charge on any atom is 0.265 e. The Hall–Kier alpha value is -1.71. The predicted octanol–water partition coefficient (Wildman–Crippen LogP) is 3.71. The van der Waals surface area contributed by atoms with Crippen LogP contribution in [-0.4, -0.2) is 47.9 Å². The lowest BCUT2D eigenvalue weighted by atomic mass is 9.99. The van der Waals surface area contributed by atoms with E-state index in [0.29, 0.717) is 39.3 Å². The molecule has 0 radical (unpaired) electrons. The summed E-state index contributed by atoms with van der Waals surface area (Å²) in [5.74, 6) is 0.684. The standard InChI is InChI=1S/C21H32N4O3S2/c1-7-14(3)23-30(27,28)18-12-17(24(6)16(18)5)20-22-15(4)19(29-20)21(26)25-10-8-13(2)9-11-25/h12-14,23H,7-11H2,1-6H3/t14-/m1/s1. The highest BCUT2D eigenvalue weighted by molar-refractivity contribution is 7.89. The lowest BCUT2D eigenvalue weighted by Gasteiger charge is -2.30. The molecule has 166 valence electrons. The molecule has 0 unspecified atom stereocenters. The summed E-state index contributed by atoms with van der Waals surface area (Å²) >= 11 is 1.34. The van der Waals surface area contributed by atoms with Crippen molar-refractivity contribution in [3.05, 3.63) is 22.3 Å². The molecule has 1 N–H and O–H groups in total. The quantitative estimate of drug-likeness (QED) is 0.724. The van der Waals surface area contributed by atoms with Crippen molar-refractivity contribution in [2.45, 2.75) is 64.8 Å². The van der Waals surface area contributed by atoms with Gasteiger partial charge in [-0.3, -0.25) is 4.79 Å². The Labute approximate surface area is 183 Å². The molecule has 2 aromatic rings. The molecule has 9 heteroatoms. The fraction of sp³-hybridized carbons (Fsp3) is 0.619. The second kappa shape index (κ2) is 8.80. The van der Waals surface area contributed by atoms with Crippen LogP contribution in [0.3, 0.4) is 0 Å². The molecule has 0 spiro atoms. The van der Waals surface area contributed by atoms with Gasteiger partial charge in [-0.15, -0.1) is 11.3 Å². The van der Waals surface area contributed by atoms with Gasteiger partial charge in [0, 0.05) is 31.9 Å². The summed E-state index contributed by atoms with van der Waals surface area (Å²) in [6, 6.07) is 1.52. The van der Waals surface area contributed by atoms with E-state index >= 15 is 0 Å². The first-order valence-corrected chi connectivity index (χ1v) is 12.8. The monoisotopic (exact) mass is 452 g/mol. The number of rotatable bonds is 6. The van der Waals surface area contributed by atoms with Crippen LogP contribution in [0, 0.1) is 19.8 Å². The second-order valence-electron chi connectivity index (χ2n) is 8.38. The number of carbonyl (C=O) groups excluding carboxylic acids is 1. The van der Waals surface area contributed by atoms with Crippen LogP contribution < -0.4 is 4.72 Å². The van der Waals surface area contributed by atoms with Crippen LogP contribution in [-0.2, 0) is 17.1 Å². The molecule has 1 aliphatic rings. The van der Waals surface area contributed by atoms with E-state index in [4.69, 9.17) is 0 Å². The van der Waals surface area contributed by atoms with Gasteiger partial charge in [0.15, 0.2) is 0 Å². The van der Waals surface area contributed by atoms with E-state index in [0.717, 1.165) is 25.9 Å². The number of aryl methyl sites for hydroxylation is 1. The zero-order chi connectivity index (χ0) is 22.2. The van der Waals surface area contributed by atoms with Crippen LogP contribution in [0.25, 0.3) is 10.7 Å². The largest absolute Gasteiger partial charge is 0.345 e. The van der Waals surface area contributed by atoms with E-state index in [1.54, 1.807) is 13.0 Å². The molecule has 30 heavy (non-hydrogen) atoms. The van der Waals surface area contributed by atoms with Gasteiger partial charge < -0.3 is 9.47 Å². The minimum atomic E-state index is -3.62. The van der Waals surface area contributed by atoms with Crippen LogP contribution in [0.2, 0.25) is 0 Å². The summed E-state index contributed by atoms with van der Waals surface area (Å²) < 4.78 is 30.2. The van der Waals surface area contributed by atoms with E-state index in [1.165, 1.54) is 11.3 Å². The van der Waals surface area contributed by atoms with E-state index in [1.807, 2.05) is 37.3 Å². The first-order valence-electron chi connectivity index (χ1n) is 10.5. The predicted molar refractivity (Wildman–Crippen MR) is 120 cm³/mol. The van der Waals surface area contributed by atoms with Gasteiger partial charge in [0.2, 0.25) is 10.0 Å². The Morgan fingerprint density at radius 2 is 1.97 bits per heavy atom. The third-order valence-electron chi connectivity index (χ3n) is 6.03. The number of hydrogen-bond donors (Lipinski definition) is 1. The van der Waals surface area contributed by atoms with Crippen molar-refractivity contribution in [2.75, 3.05) is 13.1 Å². The second-order valence-corrected chi connectivity index (χ2v) is 11.1. The molecule has 1 atom stereocenters. The first kappa shape index (κ1) is 23.0. The van der Waals surface area contributed by atoms with E-state index in [2.05, 4.69) is 16.6 Å². The number of amides is 1. The minimum Gasteiger partial charge on any atom is -0.345 e. The molecular formula is C21H32N4O3S2. The highest BCUT2D eigenvalue weighted by atomic mass is 32.2. The maximum atomic E-state index is 13.0. The number of piperidine rings is 1. The number of aromatic nitrogens is 2. The van der Waals surface area contributed by atoms with E-state index in [9.17, 15) is 13.2 Å². The molecule has 3 heterocycles. The number of carbonyl (C=O) groups is 1. The molecule has 1 amide bonds. The normalized spacial score (nSPS) is 16.8. The van der Waals surface area contributed by atoms with Crippen LogP contribution in [0.4, 0.5) is 0 Å². The molecule has 0 aromatic carbocycles. The molecule has 1 saturated heterocycles. The van der Waals surface area contributed by atoms with Gasteiger partial charge in [-0.1, -0.05) is 13.8 Å². The molecule has 0 aliphatic carbocycles. The Bertz CT molecular complexity index is 1030. The van der Waals surface area contributed by atoms with Crippen molar-refractivity contribution in [1.29, 1.82) is 0 Å². The van der Waals surface area contributed by atoms with Gasteiger partial charge in [-0.05, 0) is 52.0 Å². The fourth-order valence-corrected chi connectivity index (χ4v) is 6.32. The van der Waals surface area contributed by atoms with Crippen molar-refractivity contribution in [3.8, 4) is 10.7 Å². The average Bonchev–Trinajstić information content (AvgIpc) is 3.22. The number of hydrogen-bond acceptors (Lipinski definition) is 5. The van der Waals surface area contributed by atoms with Crippen LogP contribution >= 0.6 is 11.3 Å². The van der Waals surface area contributed by atoms with Crippen LogP contribution in [0.1, 0.15) is 61.1 Å². The molecule has 3 rings (SSSR count). The Morgan fingerprint density at radius 3 is 2.57 bits per heavy atom. The number of sulfonamides is 1. The van der Waals surface area contributed by atoms with Crippen molar-refractivity contribution in [1.82, 2.24) is 19.2 Å². The zero-order valence-corrected chi connectivity index (χ0v) is 20.3. The van der Waals surface area contributed by atoms with Gasteiger partial charge in [-0.2, -0.15) is 0 Å². The lowest BCUT2D eigenvalue weighted by Crippen LogP contribution is -2.37. The summed E-state index contributed by atoms with van der Waals surface area (Å²) in [5.41, 5.74) is 2.04. The van der Waals surface area contributed by atoms with Gasteiger partial charge in [0.1, 0.15) is 14.8 Å². The van der Waals surface area contributed by atoms with E-state index < -0.39 is 10.0 Å². The third-order valence-corrected chi connectivity index (χ3v) is 8.90. The third kappa shape index (κ3) is 4.48. The number of nitrogens with one attached hydrogen (secondary N) is 1. The summed E-state index contributed by atoms with van der Waals surface area (Å²) in [6.07, 6.45) is 2.76. The van der Waals surface area contributed by atoms with Crippen molar-refractivity contribution < 1.29 is 13.2 Å². The molecule has 0 saturated carbocycles. The maximum absolute atomic E-state index is 13.0. The molecular weight excluding hydrogens is 420 g/mol. The SMILES string of the molecule is CC[C@@H](C)NS(=O)(=O)c1cc(-c2nc(C)c(C(=O)N3CCC(C)CC3)s2)n(C)c1C. The highest BCUT2D eigenvalue weighted by Crippen LogP contribution is 2.33. The number of likely N-dealkylation sites (tertiary alicyclic amines) is 1. The average molecular weight is 453 g/mol. The summed E-state index contributed by atoms with van der Waals surface area (Å²) in [4.78, 5) is 20.5. The van der Waals surface area contributed by atoms with Gasteiger partial charge in [0.25, 0.3) is 5.91 Å². The summed E-state index contributed by atoms with van der Waals surface area (Å²) in [6.45, 7) is 11.2. The zero-order valence-electron chi connectivity index (χ0n) is 18.7. The molecule has 1 aliphatic heterocycles. The first-order chi connectivity index (χ1) is 14.0. The molecule has 7 nitrogen and oxygen atoms in total. The Balaban J connectivity index is 1.92. The van der Waals surface area contributed by atoms with Gasteiger partial charge >= 0.3 is 0 Å². The van der Waals surface area contributed by atoms with Gasteiger partial charge in [0.05, 0.1) is 11.4 Å². The summed E-state index contributed by atoms with van der Waals surface area (Å²) in [5, 5.41) is 0.664. The van der Waals surface area contributed by atoms with Crippen molar-refractivity contribution in [3.63, 3.8) is 0 Å². The number of thiazole rings is 1. The van der Waals surface area contributed by atoms with Crippen LogP contribution in [0.5, 0.6) is 0 Å². The van der Waals surface area contributed by atoms with E-state index in [-0.39, 0.29) is 16.8 Å². The van der Waals surface area contributed by atoms with Crippen molar-refractivity contribution >= 4 is 27.3 Å². The fourth-order valence-electron chi connectivity index (χ4n) is 3.62. The molecule has 1 fully saturated rings. The number of nitrogens with zero attached hydrogens (tertiary/aromatic N) is 3. The smallest absolute Gasteiger partial charge is 0.265 e. The Morgan fingerprint density at radius 1 is 1.33 bits per heavy atom. The lowest BCUT2D eigenvalue weighted by molar-refractivity contribution is 0.0701. The molecule has 0 bridgehead atoms. The minimum absolute atomic E-state index is 0.0281. The topological polar surface area (TPSA) is 84.3 Å². The Kier molecular flexibility index (Phi) is 6.74. The van der Waals surface area contributed by atoms with Gasteiger partial charge in [-0.25, -0.2) is 18.1 Å².